The lowest BCUT2D eigenvalue weighted by Crippen LogP contribution is -2.30. The van der Waals surface area contributed by atoms with Crippen molar-refractivity contribution in [3.8, 4) is 0 Å². The minimum atomic E-state index is -0.588. The fourth-order valence-electron chi connectivity index (χ4n) is 7.74. The molecule has 0 aliphatic rings. The lowest BCUT2D eigenvalue weighted by atomic mass is 10.1. The lowest BCUT2D eigenvalue weighted by molar-refractivity contribution is -0.162. The number of carbonyl (C=O) groups is 2. The quantitative estimate of drug-likeness (QED) is 0.0345. The minimum absolute atomic E-state index is 0.0432. The first-order valence-corrected chi connectivity index (χ1v) is 29.7. The van der Waals surface area contributed by atoms with Crippen molar-refractivity contribution in [1.29, 1.82) is 0 Å². The van der Waals surface area contributed by atoms with Gasteiger partial charge in [0.2, 0.25) is 0 Å². The molecular weight excluding hydrogens is 885 g/mol. The van der Waals surface area contributed by atoms with Crippen LogP contribution in [0.1, 0.15) is 252 Å². The molecule has 0 fully saturated rings. The second kappa shape index (κ2) is 61.3. The maximum atomic E-state index is 12.9. The predicted molar refractivity (Wildman–Crippen MR) is 315 cm³/mol. The number of hydrogen-bond donors (Lipinski definition) is 0. The standard InChI is InChI=1S/C67H110O5/c1-4-7-10-13-16-19-22-25-28-31-33-35-38-41-44-47-50-53-56-59-62-70-63-65(72-67(69)61-58-55-52-49-46-43-40-36-30-27-24-21-18-15-12-9-6-3)64-71-66(68)60-57-54-51-48-45-42-39-37-34-32-29-26-23-20-17-14-11-8-5-2/h9,12,16-21,25-30,33-35,37,40,43,49,52,65H,4-8,10-11,13-15,22-24,31-32,36,38-39,41-42,44-48,50-51,53-64H2,1-3H3/b12-9-,19-16-,20-17-,21-18-,28-25-,29-26-,30-27-,35-33-,37-34-,43-40-,52-49-. The molecule has 0 saturated carbocycles. The fourth-order valence-corrected chi connectivity index (χ4v) is 7.74. The Balaban J connectivity index is 4.44. The highest BCUT2D eigenvalue weighted by molar-refractivity contribution is 5.70. The van der Waals surface area contributed by atoms with Crippen LogP contribution in [0.25, 0.3) is 0 Å². The Morgan fingerprint density at radius 3 is 1.04 bits per heavy atom. The smallest absolute Gasteiger partial charge is 0.306 e. The van der Waals surface area contributed by atoms with E-state index in [-0.39, 0.29) is 25.2 Å². The maximum absolute atomic E-state index is 12.9. The van der Waals surface area contributed by atoms with Gasteiger partial charge in [0.05, 0.1) is 6.61 Å². The average Bonchev–Trinajstić information content (AvgIpc) is 3.38. The van der Waals surface area contributed by atoms with Crippen LogP contribution in [0, 0.1) is 0 Å². The van der Waals surface area contributed by atoms with E-state index in [4.69, 9.17) is 14.2 Å². The highest BCUT2D eigenvalue weighted by Crippen LogP contribution is 2.13. The molecule has 0 aromatic carbocycles. The molecule has 0 aromatic heterocycles. The third kappa shape index (κ3) is 58.6. The van der Waals surface area contributed by atoms with E-state index in [9.17, 15) is 9.59 Å². The molecule has 0 saturated heterocycles. The van der Waals surface area contributed by atoms with Crippen molar-refractivity contribution in [2.75, 3.05) is 19.8 Å². The van der Waals surface area contributed by atoms with Crippen LogP contribution in [-0.2, 0) is 23.8 Å². The van der Waals surface area contributed by atoms with Crippen LogP contribution in [-0.4, -0.2) is 37.9 Å². The Morgan fingerprint density at radius 2 is 0.639 bits per heavy atom. The molecule has 0 aliphatic heterocycles. The maximum Gasteiger partial charge on any atom is 0.306 e. The van der Waals surface area contributed by atoms with E-state index < -0.39 is 6.10 Å². The predicted octanol–water partition coefficient (Wildman–Crippen LogP) is 20.7. The van der Waals surface area contributed by atoms with Crippen LogP contribution in [0.4, 0.5) is 0 Å². The first-order chi connectivity index (χ1) is 35.6. The van der Waals surface area contributed by atoms with Crippen LogP contribution in [0.3, 0.4) is 0 Å². The summed E-state index contributed by atoms with van der Waals surface area (Å²) in [6, 6.07) is 0. The van der Waals surface area contributed by atoms with Crippen LogP contribution >= 0.6 is 0 Å². The van der Waals surface area contributed by atoms with E-state index in [1.165, 1.54) is 109 Å². The Labute approximate surface area is 445 Å². The van der Waals surface area contributed by atoms with Crippen molar-refractivity contribution < 1.29 is 23.8 Å². The molecule has 0 aliphatic carbocycles. The van der Waals surface area contributed by atoms with Gasteiger partial charge in [0.1, 0.15) is 6.61 Å². The van der Waals surface area contributed by atoms with Crippen molar-refractivity contribution in [3.05, 3.63) is 134 Å². The molecule has 1 atom stereocenters. The van der Waals surface area contributed by atoms with Crippen molar-refractivity contribution in [1.82, 2.24) is 0 Å². The number of rotatable bonds is 53. The molecule has 5 heteroatoms. The number of allylic oxidation sites excluding steroid dienone is 22. The SMILES string of the molecule is CC/C=C\C/C=C\C/C=C\C/C=C\C/C=C\CCCC(=O)OC(COCCCCCCCCC/C=C\C/C=C\C/C=C\CCCCC)COC(=O)CCCCCCCC/C=C\C/C=C\C/C=C\CCCCC. The summed E-state index contributed by atoms with van der Waals surface area (Å²) in [4.78, 5) is 25.5. The largest absolute Gasteiger partial charge is 0.462 e. The van der Waals surface area contributed by atoms with Crippen molar-refractivity contribution in [2.24, 2.45) is 0 Å². The zero-order valence-electron chi connectivity index (χ0n) is 46.9. The molecule has 0 aromatic rings. The Bertz CT molecular complexity index is 1500. The molecular formula is C67H110O5. The van der Waals surface area contributed by atoms with E-state index in [0.717, 1.165) is 103 Å². The molecule has 408 valence electrons. The van der Waals surface area contributed by atoms with E-state index in [1.807, 2.05) is 0 Å². The van der Waals surface area contributed by atoms with Crippen molar-refractivity contribution in [2.45, 2.75) is 258 Å². The highest BCUT2D eigenvalue weighted by Gasteiger charge is 2.17. The van der Waals surface area contributed by atoms with Crippen LogP contribution in [0.2, 0.25) is 0 Å². The second-order valence-electron chi connectivity index (χ2n) is 19.2. The number of unbranched alkanes of at least 4 members (excludes halogenated alkanes) is 20. The normalized spacial score (nSPS) is 13.2. The zero-order valence-corrected chi connectivity index (χ0v) is 46.9. The van der Waals surface area contributed by atoms with Crippen LogP contribution < -0.4 is 0 Å². The molecule has 0 N–H and O–H groups in total. The van der Waals surface area contributed by atoms with Crippen molar-refractivity contribution in [3.63, 3.8) is 0 Å². The average molecular weight is 996 g/mol. The Morgan fingerprint density at radius 1 is 0.319 bits per heavy atom. The highest BCUT2D eigenvalue weighted by atomic mass is 16.6. The number of ether oxygens (including phenoxy) is 3. The van der Waals surface area contributed by atoms with E-state index in [1.54, 1.807) is 0 Å². The molecule has 5 nitrogen and oxygen atoms in total. The summed E-state index contributed by atoms with van der Waals surface area (Å²) < 4.78 is 17.4. The zero-order chi connectivity index (χ0) is 52.0. The molecule has 0 rings (SSSR count). The molecule has 0 amide bonds. The van der Waals surface area contributed by atoms with Gasteiger partial charge >= 0.3 is 11.9 Å². The molecule has 0 bridgehead atoms. The summed E-state index contributed by atoms with van der Waals surface area (Å²) in [6.07, 6.45) is 87.6. The van der Waals surface area contributed by atoms with Gasteiger partial charge in [0.15, 0.2) is 6.10 Å². The summed E-state index contributed by atoms with van der Waals surface area (Å²) in [5.41, 5.74) is 0. The molecule has 0 heterocycles. The molecule has 0 radical (unpaired) electrons. The van der Waals surface area contributed by atoms with Crippen LogP contribution in [0.15, 0.2) is 134 Å². The summed E-state index contributed by atoms with van der Waals surface area (Å²) >= 11 is 0. The van der Waals surface area contributed by atoms with Gasteiger partial charge in [-0.05, 0) is 135 Å². The molecule has 0 spiro atoms. The topological polar surface area (TPSA) is 61.8 Å². The Hall–Kier alpha value is -3.96. The number of carbonyl (C=O) groups excluding carboxylic acids is 2. The molecule has 72 heavy (non-hydrogen) atoms. The van der Waals surface area contributed by atoms with E-state index >= 15 is 0 Å². The van der Waals surface area contributed by atoms with Crippen molar-refractivity contribution >= 4 is 11.9 Å². The number of hydrogen-bond acceptors (Lipinski definition) is 5. The first kappa shape index (κ1) is 68.0. The Kier molecular flexibility index (Phi) is 58.0. The van der Waals surface area contributed by atoms with Gasteiger partial charge in [0.25, 0.3) is 0 Å². The van der Waals surface area contributed by atoms with Gasteiger partial charge in [-0.25, -0.2) is 0 Å². The summed E-state index contributed by atoms with van der Waals surface area (Å²) in [5, 5.41) is 0. The first-order valence-electron chi connectivity index (χ1n) is 29.7. The molecule has 1 unspecified atom stereocenters. The van der Waals surface area contributed by atoms with E-state index in [0.29, 0.717) is 25.9 Å². The van der Waals surface area contributed by atoms with E-state index in [2.05, 4.69) is 154 Å². The fraction of sp³-hybridized carbons (Fsp3) is 0.642. The third-order valence-electron chi connectivity index (χ3n) is 12.1. The van der Waals surface area contributed by atoms with Gasteiger partial charge in [-0.2, -0.15) is 0 Å². The summed E-state index contributed by atoms with van der Waals surface area (Å²) in [6.45, 7) is 7.56. The van der Waals surface area contributed by atoms with Crippen LogP contribution in [0.5, 0.6) is 0 Å². The van der Waals surface area contributed by atoms with Gasteiger partial charge in [-0.1, -0.05) is 238 Å². The number of esters is 2. The van der Waals surface area contributed by atoms with Gasteiger partial charge in [0, 0.05) is 19.4 Å². The third-order valence-corrected chi connectivity index (χ3v) is 12.1. The monoisotopic (exact) mass is 995 g/mol. The van der Waals surface area contributed by atoms with Gasteiger partial charge in [-0.3, -0.25) is 9.59 Å². The summed E-state index contributed by atoms with van der Waals surface area (Å²) in [7, 11) is 0. The summed E-state index contributed by atoms with van der Waals surface area (Å²) in [5.74, 6) is -0.490. The van der Waals surface area contributed by atoms with Gasteiger partial charge < -0.3 is 14.2 Å². The van der Waals surface area contributed by atoms with Gasteiger partial charge in [-0.15, -0.1) is 0 Å². The second-order valence-corrected chi connectivity index (χ2v) is 19.2. The minimum Gasteiger partial charge on any atom is -0.462 e. The lowest BCUT2D eigenvalue weighted by Gasteiger charge is -2.18.